The van der Waals surface area contributed by atoms with E-state index in [1.165, 1.54) is 12.1 Å². The molecule has 0 spiro atoms. The molecule has 124 valence electrons. The third-order valence-electron chi connectivity index (χ3n) is 3.03. The number of para-hydroxylation sites is 1. The van der Waals surface area contributed by atoms with Crippen LogP contribution in [-0.4, -0.2) is 23.1 Å². The van der Waals surface area contributed by atoms with Gasteiger partial charge in [0.25, 0.3) is 5.69 Å². The molecule has 0 radical (unpaired) electrons. The van der Waals surface area contributed by atoms with Gasteiger partial charge in [-0.3, -0.25) is 14.9 Å². The Hall–Kier alpha value is -2.80. The van der Waals surface area contributed by atoms with Crippen molar-refractivity contribution in [3.63, 3.8) is 0 Å². The van der Waals surface area contributed by atoms with E-state index in [-0.39, 0.29) is 18.1 Å². The molecule has 2 rings (SSSR count). The lowest BCUT2D eigenvalue weighted by Gasteiger charge is -2.11. The molecule has 0 unspecified atom stereocenters. The summed E-state index contributed by atoms with van der Waals surface area (Å²) in [4.78, 5) is 23.3. The van der Waals surface area contributed by atoms with E-state index in [4.69, 9.17) is 0 Å². The zero-order chi connectivity index (χ0) is 17.4. The summed E-state index contributed by atoms with van der Waals surface area (Å²) in [5.74, 6) is 0.520. The fourth-order valence-corrected chi connectivity index (χ4v) is 2.70. The van der Waals surface area contributed by atoms with Crippen molar-refractivity contribution in [3.8, 4) is 0 Å². The monoisotopic (exact) mass is 343 g/mol. The summed E-state index contributed by atoms with van der Waals surface area (Å²) in [6.45, 7) is 3.70. The van der Waals surface area contributed by atoms with Crippen molar-refractivity contribution in [2.45, 2.75) is 4.90 Å². The average molecular weight is 343 g/mol. The van der Waals surface area contributed by atoms with E-state index in [1.807, 2.05) is 24.3 Å². The van der Waals surface area contributed by atoms with Crippen LogP contribution >= 0.6 is 11.8 Å². The first kappa shape index (κ1) is 17.6. The average Bonchev–Trinajstić information content (AvgIpc) is 2.59. The van der Waals surface area contributed by atoms with Crippen molar-refractivity contribution in [1.82, 2.24) is 0 Å². The molecule has 0 saturated heterocycles. The Morgan fingerprint density at radius 2 is 2.04 bits per heavy atom. The number of anilines is 2. The lowest BCUT2D eigenvalue weighted by atomic mass is 10.3. The van der Waals surface area contributed by atoms with Crippen LogP contribution < -0.4 is 10.6 Å². The molecule has 24 heavy (non-hydrogen) atoms. The van der Waals surface area contributed by atoms with E-state index in [0.717, 1.165) is 16.3 Å². The Morgan fingerprint density at radius 3 is 2.79 bits per heavy atom. The summed E-state index contributed by atoms with van der Waals surface area (Å²) in [7, 11) is 0. The van der Waals surface area contributed by atoms with Gasteiger partial charge in [-0.05, 0) is 18.2 Å². The quantitative estimate of drug-likeness (QED) is 0.328. The number of carbonyl (C=O) groups is 1. The minimum absolute atomic E-state index is 0.0155. The SMILES string of the molecule is C=CCSc1ccccc1NC(=O)CNc1cccc([N+](=O)[O-])c1. The van der Waals surface area contributed by atoms with Gasteiger partial charge in [0, 0.05) is 28.5 Å². The first-order valence-corrected chi connectivity index (χ1v) is 8.19. The third-order valence-corrected chi connectivity index (χ3v) is 4.10. The number of rotatable bonds is 8. The van der Waals surface area contributed by atoms with Crippen LogP contribution in [0.3, 0.4) is 0 Å². The number of nitro groups is 1. The Labute approximate surface area is 144 Å². The number of hydrogen-bond acceptors (Lipinski definition) is 5. The number of nitrogens with one attached hydrogen (secondary N) is 2. The summed E-state index contributed by atoms with van der Waals surface area (Å²) in [6, 6.07) is 13.5. The number of thioether (sulfide) groups is 1. The second kappa shape index (κ2) is 8.73. The number of non-ortho nitro benzene ring substituents is 1. The van der Waals surface area contributed by atoms with Gasteiger partial charge >= 0.3 is 0 Å². The summed E-state index contributed by atoms with van der Waals surface area (Å²) < 4.78 is 0. The van der Waals surface area contributed by atoms with E-state index < -0.39 is 4.92 Å². The van der Waals surface area contributed by atoms with Crippen LogP contribution in [0.2, 0.25) is 0 Å². The fourth-order valence-electron chi connectivity index (χ4n) is 1.95. The topological polar surface area (TPSA) is 84.3 Å². The molecule has 0 atom stereocenters. The van der Waals surface area contributed by atoms with Crippen LogP contribution in [0.25, 0.3) is 0 Å². The molecular weight excluding hydrogens is 326 g/mol. The molecular formula is C17H17N3O3S. The number of nitro benzene ring substituents is 1. The first-order chi connectivity index (χ1) is 11.6. The highest BCUT2D eigenvalue weighted by Gasteiger charge is 2.09. The lowest BCUT2D eigenvalue weighted by Crippen LogP contribution is -2.22. The van der Waals surface area contributed by atoms with Crippen LogP contribution in [0.4, 0.5) is 17.1 Å². The summed E-state index contributed by atoms with van der Waals surface area (Å²) in [5, 5.41) is 16.5. The van der Waals surface area contributed by atoms with Gasteiger partial charge in [0.15, 0.2) is 0 Å². The minimum atomic E-state index is -0.474. The van der Waals surface area contributed by atoms with Crippen LogP contribution in [-0.2, 0) is 4.79 Å². The summed E-state index contributed by atoms with van der Waals surface area (Å²) in [5.41, 5.74) is 1.23. The van der Waals surface area contributed by atoms with Crippen LogP contribution in [0.15, 0.2) is 66.1 Å². The van der Waals surface area contributed by atoms with Crippen LogP contribution in [0, 0.1) is 10.1 Å². The van der Waals surface area contributed by atoms with Gasteiger partial charge in [0.05, 0.1) is 17.2 Å². The van der Waals surface area contributed by atoms with Crippen molar-refractivity contribution in [2.75, 3.05) is 22.9 Å². The van der Waals surface area contributed by atoms with Gasteiger partial charge in [-0.2, -0.15) is 0 Å². The van der Waals surface area contributed by atoms with Gasteiger partial charge in [0.2, 0.25) is 5.91 Å². The van der Waals surface area contributed by atoms with Crippen LogP contribution in [0.1, 0.15) is 0 Å². The summed E-state index contributed by atoms with van der Waals surface area (Å²) >= 11 is 1.58. The molecule has 0 aromatic heterocycles. The van der Waals surface area contributed by atoms with E-state index >= 15 is 0 Å². The highest BCUT2D eigenvalue weighted by Crippen LogP contribution is 2.26. The van der Waals surface area contributed by atoms with E-state index in [0.29, 0.717) is 5.69 Å². The molecule has 0 bridgehead atoms. The first-order valence-electron chi connectivity index (χ1n) is 7.21. The maximum Gasteiger partial charge on any atom is 0.271 e. The van der Waals surface area contributed by atoms with Gasteiger partial charge in [0.1, 0.15) is 0 Å². The maximum atomic E-state index is 12.1. The molecule has 0 aliphatic carbocycles. The summed E-state index contributed by atoms with van der Waals surface area (Å²) in [6.07, 6.45) is 1.80. The van der Waals surface area contributed by atoms with Crippen LogP contribution in [0.5, 0.6) is 0 Å². The standard InChI is InChI=1S/C17H17N3O3S/c1-2-10-24-16-9-4-3-8-15(16)19-17(21)12-18-13-6-5-7-14(11-13)20(22)23/h2-9,11,18H,1,10,12H2,(H,19,21). The van der Waals surface area contributed by atoms with Crippen molar-refractivity contribution < 1.29 is 9.72 Å². The van der Waals surface area contributed by atoms with Crippen molar-refractivity contribution in [3.05, 3.63) is 71.3 Å². The Kier molecular flexibility index (Phi) is 6.39. The lowest BCUT2D eigenvalue weighted by molar-refractivity contribution is -0.384. The van der Waals surface area contributed by atoms with Crippen molar-refractivity contribution in [2.24, 2.45) is 0 Å². The number of amides is 1. The highest BCUT2D eigenvalue weighted by molar-refractivity contribution is 7.99. The molecule has 1 amide bonds. The predicted molar refractivity (Wildman–Crippen MR) is 97.6 cm³/mol. The van der Waals surface area contributed by atoms with Gasteiger partial charge in [-0.15, -0.1) is 18.3 Å². The number of hydrogen-bond donors (Lipinski definition) is 2. The molecule has 2 aromatic carbocycles. The van der Waals surface area contributed by atoms with Crippen molar-refractivity contribution >= 4 is 34.7 Å². The molecule has 6 nitrogen and oxygen atoms in total. The Bertz CT molecular complexity index is 749. The molecule has 7 heteroatoms. The zero-order valence-electron chi connectivity index (χ0n) is 12.9. The van der Waals surface area contributed by atoms with E-state index in [9.17, 15) is 14.9 Å². The maximum absolute atomic E-state index is 12.1. The number of benzene rings is 2. The molecule has 0 heterocycles. The van der Waals surface area contributed by atoms with Gasteiger partial charge in [-0.25, -0.2) is 0 Å². The van der Waals surface area contributed by atoms with E-state index in [1.54, 1.807) is 30.0 Å². The minimum Gasteiger partial charge on any atom is -0.376 e. The fraction of sp³-hybridized carbons (Fsp3) is 0.118. The normalized spacial score (nSPS) is 10.0. The van der Waals surface area contributed by atoms with Gasteiger partial charge < -0.3 is 10.6 Å². The smallest absolute Gasteiger partial charge is 0.271 e. The molecule has 2 aromatic rings. The molecule has 0 aliphatic rings. The zero-order valence-corrected chi connectivity index (χ0v) is 13.7. The molecule has 0 aliphatic heterocycles. The second-order valence-corrected chi connectivity index (χ2v) is 5.87. The largest absolute Gasteiger partial charge is 0.376 e. The number of carbonyl (C=O) groups excluding carboxylic acids is 1. The Morgan fingerprint density at radius 1 is 1.25 bits per heavy atom. The Balaban J connectivity index is 1.95. The van der Waals surface area contributed by atoms with Gasteiger partial charge in [-0.1, -0.05) is 24.3 Å². The third kappa shape index (κ3) is 5.13. The molecule has 2 N–H and O–H groups in total. The molecule has 0 saturated carbocycles. The second-order valence-electron chi connectivity index (χ2n) is 4.81. The van der Waals surface area contributed by atoms with E-state index in [2.05, 4.69) is 17.2 Å². The number of nitrogens with zero attached hydrogens (tertiary/aromatic N) is 1. The predicted octanol–water partition coefficient (Wildman–Crippen LogP) is 3.92. The van der Waals surface area contributed by atoms with Crippen molar-refractivity contribution in [1.29, 1.82) is 0 Å². The highest BCUT2D eigenvalue weighted by atomic mass is 32.2. The molecule has 0 fully saturated rings.